The quantitative estimate of drug-likeness (QED) is 0.0344. The first kappa shape index (κ1) is 54.8. The number of fused-ring (bicyclic) bond motifs is 7. The molecule has 0 saturated carbocycles. The van der Waals surface area contributed by atoms with Crippen molar-refractivity contribution in [1.82, 2.24) is 15.2 Å². The van der Waals surface area contributed by atoms with Crippen LogP contribution in [0.15, 0.2) is 45.6 Å². The van der Waals surface area contributed by atoms with E-state index >= 15 is 0 Å². The number of esters is 3. The Kier molecular flexibility index (Phi) is 16.9. The molecular formula is C53H66N4O16. The monoisotopic (exact) mass is 1010 g/mol. The predicted octanol–water partition coefficient (Wildman–Crippen LogP) is 8.38. The fraction of sp³-hybridized carbons (Fsp3) is 0.472. The highest BCUT2D eigenvalue weighted by atomic mass is 16.6. The van der Waals surface area contributed by atoms with Crippen LogP contribution >= 0.6 is 0 Å². The van der Waals surface area contributed by atoms with E-state index in [0.717, 1.165) is 0 Å². The molecule has 3 heterocycles. The van der Waals surface area contributed by atoms with Gasteiger partial charge in [0.05, 0.1) is 34.1 Å². The third-order valence-corrected chi connectivity index (χ3v) is 11.8. The number of carbonyl (C=O) groups is 5. The molecule has 0 saturated heterocycles. The second-order valence-corrected chi connectivity index (χ2v) is 20.0. The number of nitrogens with two attached hydrogens (primary N) is 1. The predicted molar refractivity (Wildman–Crippen MR) is 270 cm³/mol. The summed E-state index contributed by atoms with van der Waals surface area (Å²) in [5.74, 6) is -2.05. The molecule has 6 rings (SSSR count). The Hall–Kier alpha value is -7.48. The molecule has 20 nitrogen and oxygen atoms in total. The van der Waals surface area contributed by atoms with Gasteiger partial charge in [-0.1, -0.05) is 47.6 Å². The fourth-order valence-electron chi connectivity index (χ4n) is 8.89. The molecule has 3 atom stereocenters. The van der Waals surface area contributed by atoms with Gasteiger partial charge in [0.25, 0.3) is 0 Å². The van der Waals surface area contributed by atoms with Crippen LogP contribution in [0.3, 0.4) is 0 Å². The number of hydrogen-bond donors (Lipinski definition) is 4. The van der Waals surface area contributed by atoms with Gasteiger partial charge < -0.3 is 68.4 Å². The highest BCUT2D eigenvalue weighted by molar-refractivity contribution is 6.17. The number of nitrogens with zero attached hydrogens (tertiary/aromatic N) is 1. The summed E-state index contributed by atoms with van der Waals surface area (Å²) in [7, 11) is 5.56. The number of hydrogen-bond acceptors (Lipinski definition) is 16. The first-order valence-corrected chi connectivity index (χ1v) is 24.0. The van der Waals surface area contributed by atoms with Crippen LogP contribution in [-0.4, -0.2) is 91.9 Å². The van der Waals surface area contributed by atoms with E-state index in [0.29, 0.717) is 45.1 Å². The molecule has 2 amide bonds. The maximum atomic E-state index is 14.6. The van der Waals surface area contributed by atoms with Crippen molar-refractivity contribution in [3.05, 3.63) is 52.4 Å². The molecule has 3 aromatic carbocycles. The molecule has 0 unspecified atom stereocenters. The summed E-state index contributed by atoms with van der Waals surface area (Å²) in [6.07, 6.45) is -1.36. The van der Waals surface area contributed by atoms with E-state index in [9.17, 15) is 33.9 Å². The van der Waals surface area contributed by atoms with Gasteiger partial charge in [0, 0.05) is 40.1 Å². The van der Waals surface area contributed by atoms with Crippen molar-refractivity contribution in [2.75, 3.05) is 28.4 Å². The van der Waals surface area contributed by atoms with Crippen molar-refractivity contribution in [2.45, 2.75) is 118 Å². The summed E-state index contributed by atoms with van der Waals surface area (Å²) in [5, 5.41) is 15.2. The molecular weight excluding hydrogens is 949 g/mol. The van der Waals surface area contributed by atoms with Crippen LogP contribution < -0.4 is 55.2 Å². The molecule has 73 heavy (non-hydrogen) atoms. The average molecular weight is 1020 g/mol. The molecule has 0 aliphatic carbocycles. The van der Waals surface area contributed by atoms with Crippen LogP contribution in [0.2, 0.25) is 0 Å². The Balaban J connectivity index is 1.64. The number of alkyl carbamates (subject to hydrolysis) is 1. The lowest BCUT2D eigenvalue weighted by Gasteiger charge is -2.27. The van der Waals surface area contributed by atoms with Crippen molar-refractivity contribution < 1.29 is 71.4 Å². The van der Waals surface area contributed by atoms with Crippen molar-refractivity contribution in [3.8, 4) is 62.6 Å². The summed E-state index contributed by atoms with van der Waals surface area (Å²) in [6.45, 7) is 16.5. The molecule has 0 bridgehead atoms. The number of aromatic nitrogens is 1. The number of methoxy groups -OCH3 is 4. The number of rotatable bonds is 19. The SMILES string of the molecule is COc1cc2c(cc1OC(=O)[C@H](CC(C)C)NC(=O)OC(C)(C)C)oc(=O)c1c2c(-c2ccc(OC(=O)[C@@H](N)CC(C)C)c(OC)c2)c2n1CCc1c-2cc(OC)c(OC)c1OC(=O)[C@H](CC(C)C)NC(=O)O. The van der Waals surface area contributed by atoms with Gasteiger partial charge in [0.2, 0.25) is 5.75 Å². The molecule has 5 aromatic rings. The lowest BCUT2D eigenvalue weighted by atomic mass is 9.91. The van der Waals surface area contributed by atoms with E-state index < -0.39 is 59.4 Å². The van der Waals surface area contributed by atoms with Gasteiger partial charge in [0.1, 0.15) is 34.8 Å². The zero-order chi connectivity index (χ0) is 53.8. The first-order chi connectivity index (χ1) is 34.4. The topological polar surface area (TPSA) is 265 Å². The van der Waals surface area contributed by atoms with Crippen LogP contribution in [0.4, 0.5) is 9.59 Å². The number of carboxylic acid groups (broad SMARTS) is 1. The molecule has 0 fully saturated rings. The summed E-state index contributed by atoms with van der Waals surface area (Å²) in [4.78, 5) is 80.5. The molecule has 20 heteroatoms. The molecule has 394 valence electrons. The third kappa shape index (κ3) is 12.2. The standard InChI is InChI=1S/C53H66N4O16/c1-25(2)18-32(54)47(58)69-35-15-14-28(21-37(35)65-10)41-42-31-23-38(66-11)39(71-48(59)34(20-27(5)6)56-52(64)73-53(7,8)9)24-36(31)70-50(61)44(42)57-17-16-29-30(43(41)57)22-40(67-12)46(68-13)45(29)72-49(60)33(19-26(3)4)55-51(62)63/h14-15,21-27,32-34,55H,16-20,54H2,1-13H3,(H,56,64)(H,62,63)/t32-,33-,34-/m0/s1. The minimum absolute atomic E-state index is 0.00765. The number of aryl methyl sites for hydroxylation is 1. The van der Waals surface area contributed by atoms with Gasteiger partial charge in [-0.2, -0.15) is 0 Å². The lowest BCUT2D eigenvalue weighted by Crippen LogP contribution is -2.45. The first-order valence-electron chi connectivity index (χ1n) is 24.0. The van der Waals surface area contributed by atoms with Crippen LogP contribution in [0.1, 0.15) is 87.1 Å². The van der Waals surface area contributed by atoms with Crippen LogP contribution in [0.25, 0.3) is 44.3 Å². The lowest BCUT2D eigenvalue weighted by molar-refractivity contribution is -0.138. The summed E-state index contributed by atoms with van der Waals surface area (Å²) < 4.78 is 54.4. The second-order valence-electron chi connectivity index (χ2n) is 20.0. The number of nitrogens with one attached hydrogen (secondary N) is 2. The van der Waals surface area contributed by atoms with E-state index in [1.807, 2.05) is 41.5 Å². The highest BCUT2D eigenvalue weighted by Crippen LogP contribution is 2.53. The van der Waals surface area contributed by atoms with Crippen molar-refractivity contribution in [1.29, 1.82) is 0 Å². The third-order valence-electron chi connectivity index (χ3n) is 11.8. The Morgan fingerprint density at radius 2 is 1.30 bits per heavy atom. The van der Waals surface area contributed by atoms with Gasteiger partial charge in [-0.15, -0.1) is 0 Å². The highest BCUT2D eigenvalue weighted by Gasteiger charge is 2.36. The maximum absolute atomic E-state index is 14.6. The summed E-state index contributed by atoms with van der Waals surface area (Å²) in [6, 6.07) is 6.18. The maximum Gasteiger partial charge on any atom is 0.408 e. The van der Waals surface area contributed by atoms with Crippen LogP contribution in [-0.2, 0) is 32.1 Å². The zero-order valence-corrected chi connectivity index (χ0v) is 43.6. The molecule has 1 aliphatic rings. The normalized spacial score (nSPS) is 13.4. The molecule has 2 aromatic heterocycles. The van der Waals surface area contributed by atoms with Gasteiger partial charge in [0.15, 0.2) is 34.5 Å². The van der Waals surface area contributed by atoms with E-state index in [4.69, 9.17) is 48.0 Å². The van der Waals surface area contributed by atoms with Crippen LogP contribution in [0.5, 0.6) is 40.2 Å². The van der Waals surface area contributed by atoms with Gasteiger partial charge in [-0.25, -0.2) is 28.8 Å². The number of carbonyl (C=O) groups excluding carboxylic acids is 4. The molecule has 0 radical (unpaired) electrons. The molecule has 0 spiro atoms. The van der Waals surface area contributed by atoms with Gasteiger partial charge in [-0.05, 0) is 94.0 Å². The van der Waals surface area contributed by atoms with Crippen LogP contribution in [0, 0.1) is 17.8 Å². The Labute approximate surface area is 422 Å². The second kappa shape index (κ2) is 22.5. The van der Waals surface area contributed by atoms with Crippen molar-refractivity contribution in [2.24, 2.45) is 23.5 Å². The number of amides is 2. The smallest absolute Gasteiger partial charge is 0.408 e. The van der Waals surface area contributed by atoms with Crippen molar-refractivity contribution >= 4 is 52.0 Å². The van der Waals surface area contributed by atoms with E-state index in [-0.39, 0.29) is 94.9 Å². The van der Waals surface area contributed by atoms with E-state index in [2.05, 4.69) is 10.6 Å². The minimum atomic E-state index is -1.41. The largest absolute Gasteiger partial charge is 0.493 e. The number of benzene rings is 3. The average Bonchev–Trinajstić information content (AvgIpc) is 3.66. The molecule has 5 N–H and O–H groups in total. The Bertz CT molecular complexity index is 2980. The Morgan fingerprint density at radius 1 is 0.712 bits per heavy atom. The van der Waals surface area contributed by atoms with E-state index in [1.165, 1.54) is 34.5 Å². The Morgan fingerprint density at radius 3 is 1.88 bits per heavy atom. The van der Waals surface area contributed by atoms with Gasteiger partial charge in [-0.3, -0.25) is 0 Å². The number of ether oxygens (including phenoxy) is 8. The molecule has 1 aliphatic heterocycles. The van der Waals surface area contributed by atoms with E-state index in [1.54, 1.807) is 55.7 Å². The van der Waals surface area contributed by atoms with Crippen molar-refractivity contribution in [3.63, 3.8) is 0 Å². The van der Waals surface area contributed by atoms with Gasteiger partial charge >= 0.3 is 35.7 Å². The zero-order valence-electron chi connectivity index (χ0n) is 43.6. The fourth-order valence-corrected chi connectivity index (χ4v) is 8.89. The summed E-state index contributed by atoms with van der Waals surface area (Å²) in [5.41, 5.74) is 6.93. The summed E-state index contributed by atoms with van der Waals surface area (Å²) >= 11 is 0. The minimum Gasteiger partial charge on any atom is -0.493 e.